The summed E-state index contributed by atoms with van der Waals surface area (Å²) >= 11 is 0. The van der Waals surface area contributed by atoms with Crippen molar-refractivity contribution in [2.24, 2.45) is 5.41 Å². The maximum atomic E-state index is 11.6. The van der Waals surface area contributed by atoms with Gasteiger partial charge in [0.15, 0.2) is 0 Å². The van der Waals surface area contributed by atoms with Crippen LogP contribution in [0.25, 0.3) is 0 Å². The number of nitrogens with one attached hydrogen (secondary N) is 1. The Morgan fingerprint density at radius 2 is 2.13 bits per heavy atom. The molecule has 0 aromatic carbocycles. The Morgan fingerprint density at radius 3 is 2.67 bits per heavy atom. The molecule has 1 aromatic heterocycles. The minimum Gasteiger partial charge on any atom is -0.350 e. The highest BCUT2D eigenvalue weighted by atomic mass is 16.1. The second-order valence-corrected chi connectivity index (χ2v) is 3.91. The van der Waals surface area contributed by atoms with E-state index in [-0.39, 0.29) is 5.91 Å². The van der Waals surface area contributed by atoms with Crippen molar-refractivity contribution in [2.75, 3.05) is 6.54 Å². The Kier molecular flexibility index (Phi) is 3.40. The number of carbonyl (C=O) groups is 1. The molecule has 0 saturated carbocycles. The summed E-state index contributed by atoms with van der Waals surface area (Å²) < 4.78 is 0. The van der Waals surface area contributed by atoms with Crippen molar-refractivity contribution in [2.45, 2.75) is 13.8 Å². The Morgan fingerprint density at radius 1 is 1.53 bits per heavy atom. The third kappa shape index (κ3) is 3.39. The standard InChI is InChI=1S/C11H13N3O/c1-11(2,7-12)8-14-10(15)9-3-5-13-6-4-9/h3-6H,8H2,1-2H3,(H,14,15). The lowest BCUT2D eigenvalue weighted by atomic mass is 9.96. The van der Waals surface area contributed by atoms with Crippen LogP contribution >= 0.6 is 0 Å². The molecule has 0 unspecified atom stereocenters. The fourth-order valence-corrected chi connectivity index (χ4v) is 0.946. The van der Waals surface area contributed by atoms with Crippen molar-refractivity contribution in [3.05, 3.63) is 30.1 Å². The van der Waals surface area contributed by atoms with Gasteiger partial charge in [-0.1, -0.05) is 0 Å². The molecule has 0 aliphatic rings. The van der Waals surface area contributed by atoms with Gasteiger partial charge in [-0.15, -0.1) is 0 Å². The molecule has 0 aliphatic carbocycles. The van der Waals surface area contributed by atoms with E-state index in [1.165, 1.54) is 0 Å². The number of aromatic nitrogens is 1. The number of amides is 1. The lowest BCUT2D eigenvalue weighted by Gasteiger charge is -2.15. The number of hydrogen-bond donors (Lipinski definition) is 1. The predicted molar refractivity (Wildman–Crippen MR) is 56.0 cm³/mol. The molecule has 1 heterocycles. The molecule has 0 radical (unpaired) electrons. The highest BCUT2D eigenvalue weighted by molar-refractivity contribution is 5.93. The number of hydrogen-bond acceptors (Lipinski definition) is 3. The van der Waals surface area contributed by atoms with Crippen molar-refractivity contribution in [1.29, 1.82) is 5.26 Å². The molecule has 1 aromatic rings. The summed E-state index contributed by atoms with van der Waals surface area (Å²) in [7, 11) is 0. The summed E-state index contributed by atoms with van der Waals surface area (Å²) in [6.45, 7) is 3.89. The van der Waals surface area contributed by atoms with Crippen LogP contribution < -0.4 is 5.32 Å². The van der Waals surface area contributed by atoms with Crippen LogP contribution in [-0.4, -0.2) is 17.4 Å². The van der Waals surface area contributed by atoms with E-state index in [1.807, 2.05) is 0 Å². The summed E-state index contributed by atoms with van der Waals surface area (Å²) in [6, 6.07) is 5.39. The summed E-state index contributed by atoms with van der Waals surface area (Å²) in [6.07, 6.45) is 3.12. The van der Waals surface area contributed by atoms with Crippen LogP contribution in [-0.2, 0) is 0 Å². The first-order chi connectivity index (χ1) is 7.05. The Bertz CT molecular complexity index is 379. The van der Waals surface area contributed by atoms with E-state index >= 15 is 0 Å². The van der Waals surface area contributed by atoms with Gasteiger partial charge >= 0.3 is 0 Å². The maximum absolute atomic E-state index is 11.6. The molecule has 1 N–H and O–H groups in total. The average molecular weight is 203 g/mol. The Balaban J connectivity index is 2.56. The number of nitriles is 1. The molecule has 1 rings (SSSR count). The smallest absolute Gasteiger partial charge is 0.251 e. The van der Waals surface area contributed by atoms with Crippen molar-refractivity contribution in [3.63, 3.8) is 0 Å². The van der Waals surface area contributed by atoms with E-state index in [2.05, 4.69) is 16.4 Å². The molecule has 78 valence electrons. The van der Waals surface area contributed by atoms with Crippen molar-refractivity contribution in [1.82, 2.24) is 10.3 Å². The van der Waals surface area contributed by atoms with Crippen LogP contribution in [0.3, 0.4) is 0 Å². The fraction of sp³-hybridized carbons (Fsp3) is 0.364. The molecule has 0 fully saturated rings. The highest BCUT2D eigenvalue weighted by Crippen LogP contribution is 2.10. The maximum Gasteiger partial charge on any atom is 0.251 e. The quantitative estimate of drug-likeness (QED) is 0.806. The predicted octanol–water partition coefficient (Wildman–Crippen LogP) is 1.36. The van der Waals surface area contributed by atoms with E-state index in [9.17, 15) is 4.79 Å². The zero-order chi connectivity index (χ0) is 11.3. The lowest BCUT2D eigenvalue weighted by Crippen LogP contribution is -2.33. The van der Waals surface area contributed by atoms with Crippen LogP contribution in [0.4, 0.5) is 0 Å². The van der Waals surface area contributed by atoms with E-state index in [4.69, 9.17) is 5.26 Å². The van der Waals surface area contributed by atoms with Crippen LogP contribution in [0.2, 0.25) is 0 Å². The Hall–Kier alpha value is -1.89. The van der Waals surface area contributed by atoms with Crippen LogP contribution in [0.1, 0.15) is 24.2 Å². The van der Waals surface area contributed by atoms with Gasteiger partial charge in [-0.25, -0.2) is 0 Å². The summed E-state index contributed by atoms with van der Waals surface area (Å²) in [5.74, 6) is -0.180. The van der Waals surface area contributed by atoms with E-state index in [0.717, 1.165) is 0 Å². The molecule has 0 bridgehead atoms. The van der Waals surface area contributed by atoms with Gasteiger partial charge in [0.2, 0.25) is 0 Å². The molecule has 15 heavy (non-hydrogen) atoms. The number of rotatable bonds is 3. The van der Waals surface area contributed by atoms with Crippen LogP contribution in [0.15, 0.2) is 24.5 Å². The SMILES string of the molecule is CC(C)(C#N)CNC(=O)c1ccncc1. The van der Waals surface area contributed by atoms with E-state index in [0.29, 0.717) is 12.1 Å². The molecular weight excluding hydrogens is 190 g/mol. The zero-order valence-electron chi connectivity index (χ0n) is 8.82. The van der Waals surface area contributed by atoms with Gasteiger partial charge in [0.25, 0.3) is 5.91 Å². The normalized spacial score (nSPS) is 10.5. The first-order valence-electron chi connectivity index (χ1n) is 4.65. The summed E-state index contributed by atoms with van der Waals surface area (Å²) in [5, 5.41) is 11.5. The molecule has 1 amide bonds. The topological polar surface area (TPSA) is 65.8 Å². The Labute approximate surface area is 88.9 Å². The molecular formula is C11H13N3O. The molecule has 0 atom stereocenters. The second kappa shape index (κ2) is 4.56. The third-order valence-electron chi connectivity index (χ3n) is 1.94. The van der Waals surface area contributed by atoms with Gasteiger partial charge in [0.1, 0.15) is 0 Å². The van der Waals surface area contributed by atoms with Gasteiger partial charge in [-0.3, -0.25) is 9.78 Å². The monoisotopic (exact) mass is 203 g/mol. The number of carbonyl (C=O) groups excluding carboxylic acids is 1. The average Bonchev–Trinajstić information content (AvgIpc) is 2.27. The number of pyridine rings is 1. The second-order valence-electron chi connectivity index (χ2n) is 3.91. The summed E-state index contributed by atoms with van der Waals surface area (Å²) in [5.41, 5.74) is 0.0154. The molecule has 0 aliphatic heterocycles. The molecule has 0 saturated heterocycles. The largest absolute Gasteiger partial charge is 0.350 e. The number of nitrogens with zero attached hydrogens (tertiary/aromatic N) is 2. The zero-order valence-corrected chi connectivity index (χ0v) is 8.82. The van der Waals surface area contributed by atoms with E-state index in [1.54, 1.807) is 38.4 Å². The first-order valence-corrected chi connectivity index (χ1v) is 4.65. The van der Waals surface area contributed by atoms with Gasteiger partial charge in [0.05, 0.1) is 11.5 Å². The van der Waals surface area contributed by atoms with Gasteiger partial charge in [-0.2, -0.15) is 5.26 Å². The highest BCUT2D eigenvalue weighted by Gasteiger charge is 2.17. The van der Waals surface area contributed by atoms with Crippen LogP contribution in [0, 0.1) is 16.7 Å². The van der Waals surface area contributed by atoms with Crippen molar-refractivity contribution < 1.29 is 4.79 Å². The molecule has 0 spiro atoms. The molecule has 4 nitrogen and oxygen atoms in total. The molecule has 4 heteroatoms. The van der Waals surface area contributed by atoms with Crippen LogP contribution in [0.5, 0.6) is 0 Å². The van der Waals surface area contributed by atoms with Crippen molar-refractivity contribution >= 4 is 5.91 Å². The fourth-order valence-electron chi connectivity index (χ4n) is 0.946. The summed E-state index contributed by atoms with van der Waals surface area (Å²) in [4.78, 5) is 15.4. The minimum absolute atomic E-state index is 0.180. The third-order valence-corrected chi connectivity index (χ3v) is 1.94. The van der Waals surface area contributed by atoms with Gasteiger partial charge < -0.3 is 5.32 Å². The lowest BCUT2D eigenvalue weighted by molar-refractivity contribution is 0.0943. The van der Waals surface area contributed by atoms with Crippen molar-refractivity contribution in [3.8, 4) is 6.07 Å². The minimum atomic E-state index is -0.539. The van der Waals surface area contributed by atoms with E-state index < -0.39 is 5.41 Å². The first kappa shape index (κ1) is 11.2. The van der Waals surface area contributed by atoms with Gasteiger partial charge in [0, 0.05) is 24.5 Å². The van der Waals surface area contributed by atoms with Gasteiger partial charge in [-0.05, 0) is 26.0 Å².